The molecule has 4 heteroatoms. The fourth-order valence-electron chi connectivity index (χ4n) is 0.698. The summed E-state index contributed by atoms with van der Waals surface area (Å²) in [5, 5.41) is 0. The molecule has 0 aromatic carbocycles. The molecule has 0 aliphatic heterocycles. The maximum Gasteiger partial charge on any atom is 0.248 e. The van der Waals surface area contributed by atoms with Gasteiger partial charge in [-0.3, -0.25) is 9.59 Å². The molecule has 0 fully saturated rings. The zero-order chi connectivity index (χ0) is 9.56. The van der Waals surface area contributed by atoms with E-state index in [-0.39, 0.29) is 24.8 Å². The van der Waals surface area contributed by atoms with Gasteiger partial charge in [-0.25, -0.2) is 0 Å². The summed E-state index contributed by atoms with van der Waals surface area (Å²) in [5.41, 5.74) is 0. The zero-order valence-electron chi connectivity index (χ0n) is 7.79. The first-order chi connectivity index (χ1) is 5.61. The van der Waals surface area contributed by atoms with Crippen LogP contribution in [0.4, 0.5) is 0 Å². The Kier molecular flexibility index (Phi) is 5.28. The molecule has 0 aliphatic carbocycles. The maximum atomic E-state index is 11.0. The van der Waals surface area contributed by atoms with Gasteiger partial charge in [-0.1, -0.05) is 6.92 Å². The lowest BCUT2D eigenvalue weighted by Crippen LogP contribution is -2.34. The van der Waals surface area contributed by atoms with Gasteiger partial charge in [-0.15, -0.1) is 0 Å². The Morgan fingerprint density at radius 3 is 2.42 bits per heavy atom. The van der Waals surface area contributed by atoms with Gasteiger partial charge in [-0.2, -0.15) is 0 Å². The second-order valence-electron chi connectivity index (χ2n) is 2.58. The van der Waals surface area contributed by atoms with Crippen molar-refractivity contribution in [1.29, 1.82) is 0 Å². The molecule has 0 aromatic rings. The van der Waals surface area contributed by atoms with Gasteiger partial charge in [0.2, 0.25) is 5.91 Å². The van der Waals surface area contributed by atoms with Gasteiger partial charge < -0.3 is 9.64 Å². The summed E-state index contributed by atoms with van der Waals surface area (Å²) in [7, 11) is 3.04. The molecule has 0 heterocycles. The molecule has 0 bridgehead atoms. The molecule has 0 rings (SSSR count). The largest absolute Gasteiger partial charge is 0.375 e. The summed E-state index contributed by atoms with van der Waals surface area (Å²) in [6.45, 7) is 1.99. The monoisotopic (exact) mass is 173 g/mol. The number of hydrogen-bond acceptors (Lipinski definition) is 3. The molecule has 1 amide bonds. The minimum atomic E-state index is -0.167. The first kappa shape index (κ1) is 11.1. The van der Waals surface area contributed by atoms with Crippen LogP contribution in [-0.4, -0.2) is 43.9 Å². The SMILES string of the molecule is CCC(=O)CN(C)C(=O)COC. The second-order valence-corrected chi connectivity index (χ2v) is 2.58. The summed E-state index contributed by atoms with van der Waals surface area (Å²) < 4.78 is 4.64. The van der Waals surface area contributed by atoms with E-state index in [0.29, 0.717) is 6.42 Å². The van der Waals surface area contributed by atoms with Crippen LogP contribution in [0.1, 0.15) is 13.3 Å². The van der Waals surface area contributed by atoms with Crippen molar-refractivity contribution in [2.45, 2.75) is 13.3 Å². The summed E-state index contributed by atoms with van der Waals surface area (Å²) in [5.74, 6) is -0.110. The Morgan fingerprint density at radius 1 is 1.42 bits per heavy atom. The molecule has 0 unspecified atom stereocenters. The highest BCUT2D eigenvalue weighted by Gasteiger charge is 2.10. The molecule has 0 spiro atoms. The van der Waals surface area contributed by atoms with Crippen molar-refractivity contribution in [2.24, 2.45) is 0 Å². The van der Waals surface area contributed by atoms with Crippen molar-refractivity contribution >= 4 is 11.7 Å². The van der Waals surface area contributed by atoms with Gasteiger partial charge in [0.05, 0.1) is 6.54 Å². The Bertz CT molecular complexity index is 168. The minimum absolute atomic E-state index is 0.0352. The highest BCUT2D eigenvalue weighted by Crippen LogP contribution is 1.89. The lowest BCUT2D eigenvalue weighted by atomic mass is 10.3. The second kappa shape index (κ2) is 5.71. The van der Waals surface area contributed by atoms with E-state index in [2.05, 4.69) is 4.74 Å². The Hall–Kier alpha value is -0.900. The van der Waals surface area contributed by atoms with Gasteiger partial charge in [0.1, 0.15) is 6.61 Å². The van der Waals surface area contributed by atoms with Crippen LogP contribution < -0.4 is 0 Å². The third kappa shape index (κ3) is 4.08. The van der Waals surface area contributed by atoms with Crippen molar-refractivity contribution in [3.8, 4) is 0 Å². The number of carbonyl (C=O) groups excluding carboxylic acids is 2. The average molecular weight is 173 g/mol. The van der Waals surface area contributed by atoms with Crippen LogP contribution in [0.5, 0.6) is 0 Å². The number of hydrogen-bond donors (Lipinski definition) is 0. The van der Waals surface area contributed by atoms with Crippen LogP contribution in [0.25, 0.3) is 0 Å². The van der Waals surface area contributed by atoms with Crippen LogP contribution in [0.3, 0.4) is 0 Å². The summed E-state index contributed by atoms with van der Waals surface area (Å²) in [4.78, 5) is 23.3. The number of rotatable bonds is 5. The summed E-state index contributed by atoms with van der Waals surface area (Å²) in [6, 6.07) is 0. The first-order valence-electron chi connectivity index (χ1n) is 3.86. The van der Waals surface area contributed by atoms with Gasteiger partial charge in [0.25, 0.3) is 0 Å². The molecule has 0 N–H and O–H groups in total. The lowest BCUT2D eigenvalue weighted by Gasteiger charge is -2.14. The zero-order valence-corrected chi connectivity index (χ0v) is 7.79. The molecule has 0 radical (unpaired) electrons. The standard InChI is InChI=1S/C8H15NO3/c1-4-7(10)5-9(2)8(11)6-12-3/h4-6H2,1-3H3. The molecule has 0 aromatic heterocycles. The third-order valence-electron chi connectivity index (χ3n) is 1.50. The molecule has 0 aliphatic rings. The number of nitrogens with zero attached hydrogens (tertiary/aromatic N) is 1. The number of ketones is 1. The van der Waals surface area contributed by atoms with Crippen molar-refractivity contribution in [3.63, 3.8) is 0 Å². The number of likely N-dealkylation sites (N-methyl/N-ethyl adjacent to an activating group) is 1. The van der Waals surface area contributed by atoms with E-state index >= 15 is 0 Å². The summed E-state index contributed by atoms with van der Waals surface area (Å²) >= 11 is 0. The topological polar surface area (TPSA) is 46.6 Å². The third-order valence-corrected chi connectivity index (χ3v) is 1.50. The molecule has 70 valence electrons. The van der Waals surface area contributed by atoms with Crippen LogP contribution in [0.15, 0.2) is 0 Å². The molecule has 12 heavy (non-hydrogen) atoms. The fourth-order valence-corrected chi connectivity index (χ4v) is 0.698. The average Bonchev–Trinajstić information content (AvgIpc) is 2.04. The smallest absolute Gasteiger partial charge is 0.248 e. The Morgan fingerprint density at radius 2 is 2.00 bits per heavy atom. The maximum absolute atomic E-state index is 11.0. The fraction of sp³-hybridized carbons (Fsp3) is 0.750. The number of amides is 1. The van der Waals surface area contributed by atoms with Gasteiger partial charge >= 0.3 is 0 Å². The molecule has 0 saturated carbocycles. The van der Waals surface area contributed by atoms with E-state index in [1.54, 1.807) is 14.0 Å². The van der Waals surface area contributed by atoms with Crippen LogP contribution >= 0.6 is 0 Å². The molecule has 0 saturated heterocycles. The van der Waals surface area contributed by atoms with Crippen LogP contribution in [0, 0.1) is 0 Å². The van der Waals surface area contributed by atoms with E-state index in [1.807, 2.05) is 0 Å². The Labute approximate surface area is 72.5 Å². The number of methoxy groups -OCH3 is 1. The lowest BCUT2D eigenvalue weighted by molar-refractivity contribution is -0.137. The molecule has 4 nitrogen and oxygen atoms in total. The first-order valence-corrected chi connectivity index (χ1v) is 3.86. The highest BCUT2D eigenvalue weighted by atomic mass is 16.5. The number of carbonyl (C=O) groups is 2. The summed E-state index contributed by atoms with van der Waals surface area (Å²) in [6.07, 6.45) is 0.463. The number of Topliss-reactive ketones (excluding diaryl/α,β-unsaturated/α-hetero) is 1. The van der Waals surface area contributed by atoms with Crippen molar-refractivity contribution in [3.05, 3.63) is 0 Å². The van der Waals surface area contributed by atoms with Gasteiger partial charge in [-0.05, 0) is 0 Å². The minimum Gasteiger partial charge on any atom is -0.375 e. The van der Waals surface area contributed by atoms with E-state index in [4.69, 9.17) is 0 Å². The van der Waals surface area contributed by atoms with E-state index in [1.165, 1.54) is 12.0 Å². The normalized spacial score (nSPS) is 9.58. The van der Waals surface area contributed by atoms with Crippen molar-refractivity contribution < 1.29 is 14.3 Å². The molecule has 0 atom stereocenters. The van der Waals surface area contributed by atoms with E-state index in [9.17, 15) is 9.59 Å². The van der Waals surface area contributed by atoms with E-state index in [0.717, 1.165) is 0 Å². The van der Waals surface area contributed by atoms with Crippen LogP contribution in [-0.2, 0) is 14.3 Å². The van der Waals surface area contributed by atoms with Crippen LogP contribution in [0.2, 0.25) is 0 Å². The van der Waals surface area contributed by atoms with Gasteiger partial charge in [0, 0.05) is 20.6 Å². The Balaban J connectivity index is 3.78. The predicted molar refractivity (Wildman–Crippen MR) is 44.8 cm³/mol. The highest BCUT2D eigenvalue weighted by molar-refractivity contribution is 5.86. The predicted octanol–water partition coefficient (Wildman–Crippen LogP) is 0.0703. The van der Waals surface area contributed by atoms with Crippen molar-refractivity contribution in [1.82, 2.24) is 4.90 Å². The molecular formula is C8H15NO3. The van der Waals surface area contributed by atoms with Gasteiger partial charge in [0.15, 0.2) is 5.78 Å². The van der Waals surface area contributed by atoms with Crippen molar-refractivity contribution in [2.75, 3.05) is 27.3 Å². The number of ether oxygens (including phenoxy) is 1. The quantitative estimate of drug-likeness (QED) is 0.591. The van der Waals surface area contributed by atoms with E-state index < -0.39 is 0 Å². The molecular weight excluding hydrogens is 158 g/mol.